The first-order valence-corrected chi connectivity index (χ1v) is 14.9. The first kappa shape index (κ1) is 32.6. The van der Waals surface area contributed by atoms with Crippen LogP contribution in [0.5, 0.6) is 0 Å². The van der Waals surface area contributed by atoms with Crippen LogP contribution in [0.1, 0.15) is 75.1 Å². The van der Waals surface area contributed by atoms with Crippen molar-refractivity contribution in [1.29, 1.82) is 0 Å². The Morgan fingerprint density at radius 3 is 1.93 bits per heavy atom. The maximum absolute atomic E-state index is 14.3. The van der Waals surface area contributed by atoms with Gasteiger partial charge in [-0.25, -0.2) is 9.59 Å². The zero-order chi connectivity index (χ0) is 32.2. The molecule has 0 heterocycles. The van der Waals surface area contributed by atoms with Gasteiger partial charge in [0.1, 0.15) is 18.0 Å². The number of carbonyl (C=O) groups excluding carboxylic acids is 5. The summed E-state index contributed by atoms with van der Waals surface area (Å²) in [6.45, 7) is 9.97. The first-order chi connectivity index (χ1) is 20.7. The molecule has 2 aliphatic rings. The molecular formula is C36H40O8. The van der Waals surface area contributed by atoms with Gasteiger partial charge in [-0.15, -0.1) is 0 Å². The van der Waals surface area contributed by atoms with E-state index in [-0.39, 0.29) is 30.3 Å². The highest BCUT2D eigenvalue weighted by Gasteiger charge is 2.60. The molecule has 0 aromatic heterocycles. The van der Waals surface area contributed by atoms with Gasteiger partial charge < -0.3 is 14.2 Å². The van der Waals surface area contributed by atoms with Crippen molar-refractivity contribution >= 4 is 29.5 Å². The quantitative estimate of drug-likeness (QED) is 0.230. The molecule has 0 bridgehead atoms. The van der Waals surface area contributed by atoms with Gasteiger partial charge in [-0.2, -0.15) is 0 Å². The molecule has 232 valence electrons. The molecule has 8 nitrogen and oxygen atoms in total. The van der Waals surface area contributed by atoms with Crippen LogP contribution in [0.4, 0.5) is 0 Å². The van der Waals surface area contributed by atoms with Crippen LogP contribution in [0.15, 0.2) is 84.5 Å². The lowest BCUT2D eigenvalue weighted by molar-refractivity contribution is -0.171. The van der Waals surface area contributed by atoms with Crippen molar-refractivity contribution < 1.29 is 38.2 Å². The standard InChI is InChI=1S/C36H40O8/c1-22-17-18-35(5,6)30(38)20-29(42-33(40)26-13-9-7-10-14-26)23(2)19-28-31(43-34(41)27-15-11-8-12-16-27)24(3)21-36(28,32(22)39)44-25(4)37/h7-19,22,24,28-29,31H,20-21H2,1-6H3/t22-,24+,28+,29+,31+,36+/m0/s1. The normalized spacial score (nSPS) is 28.5. The predicted octanol–water partition coefficient (Wildman–Crippen LogP) is 6.10. The summed E-state index contributed by atoms with van der Waals surface area (Å²) in [5.41, 5.74) is -1.51. The Morgan fingerprint density at radius 2 is 1.39 bits per heavy atom. The topological polar surface area (TPSA) is 113 Å². The van der Waals surface area contributed by atoms with Crippen molar-refractivity contribution in [3.05, 3.63) is 95.6 Å². The molecule has 8 heteroatoms. The van der Waals surface area contributed by atoms with Crippen molar-refractivity contribution in [2.75, 3.05) is 0 Å². The Bertz CT molecular complexity index is 1470. The largest absolute Gasteiger partial charge is 0.458 e. The number of hydrogen-bond donors (Lipinski definition) is 0. The van der Waals surface area contributed by atoms with Crippen molar-refractivity contribution in [1.82, 2.24) is 0 Å². The summed E-state index contributed by atoms with van der Waals surface area (Å²) >= 11 is 0. The molecular weight excluding hydrogens is 560 g/mol. The molecule has 0 radical (unpaired) electrons. The van der Waals surface area contributed by atoms with Gasteiger partial charge in [0, 0.05) is 31.1 Å². The lowest BCUT2D eigenvalue weighted by Crippen LogP contribution is -2.50. The van der Waals surface area contributed by atoms with E-state index in [0.29, 0.717) is 16.7 Å². The molecule has 6 atom stereocenters. The van der Waals surface area contributed by atoms with Gasteiger partial charge in [-0.05, 0) is 56.5 Å². The molecule has 2 aliphatic carbocycles. The van der Waals surface area contributed by atoms with Crippen LogP contribution in [0.3, 0.4) is 0 Å². The average molecular weight is 601 g/mol. The number of carbonyl (C=O) groups is 5. The molecule has 0 unspecified atom stereocenters. The molecule has 0 saturated heterocycles. The highest BCUT2D eigenvalue weighted by atomic mass is 16.6. The molecule has 0 N–H and O–H groups in total. The Labute approximate surface area is 258 Å². The van der Waals surface area contributed by atoms with E-state index in [1.807, 2.05) is 6.92 Å². The van der Waals surface area contributed by atoms with E-state index in [4.69, 9.17) is 14.2 Å². The predicted molar refractivity (Wildman–Crippen MR) is 164 cm³/mol. The summed E-state index contributed by atoms with van der Waals surface area (Å²) in [6, 6.07) is 16.9. The molecule has 44 heavy (non-hydrogen) atoms. The molecule has 0 aliphatic heterocycles. The van der Waals surface area contributed by atoms with Crippen LogP contribution < -0.4 is 0 Å². The van der Waals surface area contributed by atoms with Gasteiger partial charge in [-0.3, -0.25) is 14.4 Å². The number of esters is 3. The summed E-state index contributed by atoms with van der Waals surface area (Å²) in [5.74, 6) is -4.43. The minimum Gasteiger partial charge on any atom is -0.458 e. The third-order valence-electron chi connectivity index (χ3n) is 8.59. The van der Waals surface area contributed by atoms with Crippen LogP contribution in [0.25, 0.3) is 0 Å². The zero-order valence-corrected chi connectivity index (χ0v) is 26.1. The molecule has 1 saturated carbocycles. The monoisotopic (exact) mass is 600 g/mol. The summed E-state index contributed by atoms with van der Waals surface area (Å²) in [6.07, 6.45) is 3.15. The molecule has 2 aromatic carbocycles. The van der Waals surface area contributed by atoms with Gasteiger partial charge in [-0.1, -0.05) is 68.5 Å². The Kier molecular flexibility index (Phi) is 9.72. The number of Topliss-reactive ketones (excluding diaryl/α,β-unsaturated/α-hetero) is 2. The van der Waals surface area contributed by atoms with E-state index >= 15 is 0 Å². The molecule has 0 amide bonds. The second-order valence-corrected chi connectivity index (χ2v) is 12.5. The number of rotatable bonds is 5. The summed E-state index contributed by atoms with van der Waals surface area (Å²) < 4.78 is 17.9. The number of hydrogen-bond acceptors (Lipinski definition) is 8. The van der Waals surface area contributed by atoms with Gasteiger partial charge in [0.2, 0.25) is 0 Å². The highest BCUT2D eigenvalue weighted by Crippen LogP contribution is 2.48. The second-order valence-electron chi connectivity index (χ2n) is 12.5. The smallest absolute Gasteiger partial charge is 0.338 e. The molecule has 2 aromatic rings. The number of fused-ring (bicyclic) bond motifs is 1. The lowest BCUT2D eigenvalue weighted by Gasteiger charge is -2.36. The fourth-order valence-electron chi connectivity index (χ4n) is 6.06. The second kappa shape index (κ2) is 13.1. The van der Waals surface area contributed by atoms with Crippen molar-refractivity contribution in [2.45, 2.75) is 72.2 Å². The minimum absolute atomic E-state index is 0.113. The van der Waals surface area contributed by atoms with Crippen LogP contribution in [0.2, 0.25) is 0 Å². The number of ether oxygens (including phenoxy) is 3. The van der Waals surface area contributed by atoms with Gasteiger partial charge >= 0.3 is 17.9 Å². The minimum atomic E-state index is -1.67. The summed E-state index contributed by atoms with van der Waals surface area (Å²) in [4.78, 5) is 66.9. The maximum Gasteiger partial charge on any atom is 0.338 e. The Balaban J connectivity index is 1.86. The molecule has 0 spiro atoms. The fourth-order valence-corrected chi connectivity index (χ4v) is 6.06. The summed E-state index contributed by atoms with van der Waals surface area (Å²) in [5, 5.41) is 0. The van der Waals surface area contributed by atoms with Gasteiger partial charge in [0.25, 0.3) is 0 Å². The van der Waals surface area contributed by atoms with E-state index in [2.05, 4.69) is 0 Å². The Hall–Kier alpha value is -4.33. The van der Waals surface area contributed by atoms with E-state index in [1.54, 1.807) is 107 Å². The third-order valence-corrected chi connectivity index (χ3v) is 8.59. The SMILES string of the molecule is CC(=O)O[C@]12C[C@@H](C)[C@@H](OC(=O)c3ccccc3)[C@H]1C=C(C)[C@H](OC(=O)c1ccccc1)CC(=O)C(C)(C)C=C[C@H](C)C2=O. The summed E-state index contributed by atoms with van der Waals surface area (Å²) in [7, 11) is 0. The highest BCUT2D eigenvalue weighted by molar-refractivity contribution is 5.95. The van der Waals surface area contributed by atoms with Crippen molar-refractivity contribution in [3.63, 3.8) is 0 Å². The van der Waals surface area contributed by atoms with Crippen LogP contribution in [-0.4, -0.2) is 47.3 Å². The van der Waals surface area contributed by atoms with E-state index in [1.165, 1.54) is 6.92 Å². The Morgan fingerprint density at radius 1 is 0.841 bits per heavy atom. The first-order valence-electron chi connectivity index (χ1n) is 14.9. The number of benzene rings is 2. The number of allylic oxidation sites excluding steroid dienone is 2. The van der Waals surface area contributed by atoms with Crippen LogP contribution >= 0.6 is 0 Å². The van der Waals surface area contributed by atoms with Crippen LogP contribution in [0, 0.1) is 23.2 Å². The molecule has 4 rings (SSSR count). The average Bonchev–Trinajstić information content (AvgIpc) is 3.24. The van der Waals surface area contributed by atoms with Gasteiger partial charge in [0.05, 0.1) is 17.0 Å². The zero-order valence-electron chi connectivity index (χ0n) is 26.1. The van der Waals surface area contributed by atoms with E-state index in [9.17, 15) is 24.0 Å². The van der Waals surface area contributed by atoms with E-state index in [0.717, 1.165) is 0 Å². The third kappa shape index (κ3) is 6.90. The lowest BCUT2D eigenvalue weighted by atomic mass is 9.76. The van der Waals surface area contributed by atoms with Crippen molar-refractivity contribution in [2.24, 2.45) is 23.2 Å². The van der Waals surface area contributed by atoms with E-state index < -0.39 is 53.0 Å². The maximum atomic E-state index is 14.3. The number of ketones is 2. The van der Waals surface area contributed by atoms with Gasteiger partial charge in [0.15, 0.2) is 11.4 Å². The van der Waals surface area contributed by atoms with Crippen molar-refractivity contribution in [3.8, 4) is 0 Å². The fraction of sp³-hybridized carbons (Fsp3) is 0.417. The molecule has 1 fully saturated rings. The van der Waals surface area contributed by atoms with Crippen LogP contribution in [-0.2, 0) is 28.6 Å².